The van der Waals surface area contributed by atoms with E-state index in [4.69, 9.17) is 0 Å². The van der Waals surface area contributed by atoms with Crippen molar-refractivity contribution in [1.82, 2.24) is 0 Å². The average molecular weight is 234 g/mol. The Bertz CT molecular complexity index is 422. The summed E-state index contributed by atoms with van der Waals surface area (Å²) in [6.45, 7) is 4.07. The fourth-order valence-electron chi connectivity index (χ4n) is 1.01. The van der Waals surface area contributed by atoms with Gasteiger partial charge < -0.3 is 0 Å². The summed E-state index contributed by atoms with van der Waals surface area (Å²) in [5.74, 6) is -5.82. The maximum Gasteiger partial charge on any atom is 0.187 e. The predicted molar refractivity (Wildman–Crippen MR) is 53.4 cm³/mol. The van der Waals surface area contributed by atoms with E-state index in [0.29, 0.717) is 5.71 Å². The Morgan fingerprint density at radius 2 is 1.38 bits per heavy atom. The van der Waals surface area contributed by atoms with Gasteiger partial charge in [-0.3, -0.25) is 5.43 Å². The Balaban J connectivity index is 3.34. The highest BCUT2D eigenvalue weighted by Gasteiger charge is 2.22. The van der Waals surface area contributed by atoms with Crippen molar-refractivity contribution in [1.29, 1.82) is 0 Å². The van der Waals surface area contributed by atoms with Crippen molar-refractivity contribution in [3.63, 3.8) is 0 Å². The molecule has 1 aromatic rings. The lowest BCUT2D eigenvalue weighted by Crippen LogP contribution is -2.06. The minimum atomic E-state index is -1.48. The molecule has 0 amide bonds. The van der Waals surface area contributed by atoms with Gasteiger partial charge in [0.25, 0.3) is 0 Å². The predicted octanol–water partition coefficient (Wildman–Crippen LogP) is 3.36. The van der Waals surface area contributed by atoms with Gasteiger partial charge in [0, 0.05) is 11.3 Å². The van der Waals surface area contributed by atoms with Crippen LogP contribution in [0.3, 0.4) is 0 Å². The molecule has 0 aliphatic heterocycles. The van der Waals surface area contributed by atoms with Gasteiger partial charge in [-0.25, -0.2) is 17.6 Å². The Morgan fingerprint density at radius 1 is 0.938 bits per heavy atom. The van der Waals surface area contributed by atoms with Crippen LogP contribution in [0.4, 0.5) is 23.2 Å². The van der Waals surface area contributed by atoms with Gasteiger partial charge in [0.1, 0.15) is 5.69 Å². The first-order valence-electron chi connectivity index (χ1n) is 4.45. The van der Waals surface area contributed by atoms with E-state index in [-0.39, 0.29) is 0 Å². The van der Waals surface area contributed by atoms with Crippen LogP contribution in [0, 0.1) is 30.2 Å². The normalized spacial score (nSPS) is 10.2. The fraction of sp³-hybridized carbons (Fsp3) is 0.300. The molecule has 0 saturated carbocycles. The molecule has 1 aromatic carbocycles. The SMILES string of the molecule is CC(C)=NNc1c(F)c(F)c(C)c(F)c1F. The van der Waals surface area contributed by atoms with E-state index < -0.39 is 34.5 Å². The molecule has 0 saturated heterocycles. The van der Waals surface area contributed by atoms with Crippen LogP contribution in [-0.4, -0.2) is 5.71 Å². The highest BCUT2D eigenvalue weighted by Crippen LogP contribution is 2.27. The van der Waals surface area contributed by atoms with Gasteiger partial charge in [-0.2, -0.15) is 5.10 Å². The topological polar surface area (TPSA) is 24.4 Å². The lowest BCUT2D eigenvalue weighted by atomic mass is 10.2. The second-order valence-corrected chi connectivity index (χ2v) is 3.43. The molecule has 16 heavy (non-hydrogen) atoms. The molecule has 0 fully saturated rings. The number of anilines is 1. The summed E-state index contributed by atoms with van der Waals surface area (Å²) >= 11 is 0. The third-order valence-electron chi connectivity index (χ3n) is 1.87. The first kappa shape index (κ1) is 12.5. The molecule has 0 aliphatic carbocycles. The monoisotopic (exact) mass is 234 g/mol. The Morgan fingerprint density at radius 3 is 1.75 bits per heavy atom. The van der Waals surface area contributed by atoms with Crippen molar-refractivity contribution in [3.05, 3.63) is 28.8 Å². The summed E-state index contributed by atoms with van der Waals surface area (Å²) < 4.78 is 52.7. The molecular weight excluding hydrogens is 224 g/mol. The van der Waals surface area contributed by atoms with Crippen molar-refractivity contribution in [2.24, 2.45) is 5.10 Å². The number of rotatable bonds is 2. The largest absolute Gasteiger partial charge is 0.272 e. The molecule has 0 atom stereocenters. The lowest BCUT2D eigenvalue weighted by molar-refractivity contribution is 0.449. The van der Waals surface area contributed by atoms with Crippen molar-refractivity contribution >= 4 is 11.4 Å². The summed E-state index contributed by atoms with van der Waals surface area (Å²) in [5, 5.41) is 3.48. The van der Waals surface area contributed by atoms with Gasteiger partial charge >= 0.3 is 0 Å². The van der Waals surface area contributed by atoms with E-state index in [1.807, 2.05) is 5.43 Å². The van der Waals surface area contributed by atoms with Crippen molar-refractivity contribution in [2.45, 2.75) is 20.8 Å². The van der Waals surface area contributed by atoms with Crippen molar-refractivity contribution in [3.8, 4) is 0 Å². The molecule has 1 rings (SSSR count). The van der Waals surface area contributed by atoms with E-state index in [1.54, 1.807) is 13.8 Å². The summed E-state index contributed by atoms with van der Waals surface area (Å²) in [7, 11) is 0. The molecule has 0 unspecified atom stereocenters. The molecule has 0 spiro atoms. The first-order chi connectivity index (χ1) is 7.36. The third-order valence-corrected chi connectivity index (χ3v) is 1.87. The number of benzene rings is 1. The van der Waals surface area contributed by atoms with Gasteiger partial charge in [-0.1, -0.05) is 0 Å². The van der Waals surface area contributed by atoms with E-state index in [1.165, 1.54) is 0 Å². The van der Waals surface area contributed by atoms with E-state index in [9.17, 15) is 17.6 Å². The highest BCUT2D eigenvalue weighted by atomic mass is 19.2. The summed E-state index contributed by atoms with van der Waals surface area (Å²) in [6, 6.07) is 0. The fourth-order valence-corrected chi connectivity index (χ4v) is 1.01. The second-order valence-electron chi connectivity index (χ2n) is 3.43. The zero-order valence-corrected chi connectivity index (χ0v) is 8.96. The molecule has 0 aromatic heterocycles. The maximum atomic E-state index is 13.2. The number of hydrogen-bond donors (Lipinski definition) is 1. The van der Waals surface area contributed by atoms with Crippen LogP contribution < -0.4 is 5.43 Å². The van der Waals surface area contributed by atoms with Gasteiger partial charge in [0.05, 0.1) is 0 Å². The molecule has 6 heteroatoms. The van der Waals surface area contributed by atoms with Gasteiger partial charge in [-0.15, -0.1) is 0 Å². The molecule has 0 radical (unpaired) electrons. The molecule has 2 nitrogen and oxygen atoms in total. The van der Waals surface area contributed by atoms with Crippen LogP contribution >= 0.6 is 0 Å². The van der Waals surface area contributed by atoms with E-state index >= 15 is 0 Å². The van der Waals surface area contributed by atoms with Crippen LogP contribution in [0.5, 0.6) is 0 Å². The van der Waals surface area contributed by atoms with Crippen LogP contribution in [0.25, 0.3) is 0 Å². The number of halogens is 4. The summed E-state index contributed by atoms with van der Waals surface area (Å²) in [5.41, 5.74) is 0.781. The minimum Gasteiger partial charge on any atom is -0.272 e. The number of nitrogens with zero attached hydrogens (tertiary/aromatic N) is 1. The molecule has 0 heterocycles. The standard InChI is InChI=1S/C10H10F4N2/c1-4(2)15-16-10-8(13)6(11)5(3)7(12)9(10)14/h16H,1-3H3. The van der Waals surface area contributed by atoms with Crippen molar-refractivity contribution in [2.75, 3.05) is 5.43 Å². The Hall–Kier alpha value is -1.59. The third kappa shape index (κ3) is 2.15. The molecule has 0 bridgehead atoms. The first-order valence-corrected chi connectivity index (χ1v) is 4.45. The van der Waals surface area contributed by atoms with E-state index in [0.717, 1.165) is 6.92 Å². The minimum absolute atomic E-state index is 0.459. The molecular formula is C10H10F4N2. The van der Waals surface area contributed by atoms with Gasteiger partial charge in [-0.05, 0) is 20.8 Å². The number of hydrazone groups is 1. The molecule has 88 valence electrons. The zero-order valence-electron chi connectivity index (χ0n) is 8.96. The van der Waals surface area contributed by atoms with Crippen LogP contribution in [0.15, 0.2) is 5.10 Å². The van der Waals surface area contributed by atoms with Crippen LogP contribution in [0.2, 0.25) is 0 Å². The number of hydrogen-bond acceptors (Lipinski definition) is 2. The number of nitrogens with one attached hydrogen (secondary N) is 1. The highest BCUT2D eigenvalue weighted by molar-refractivity contribution is 5.79. The van der Waals surface area contributed by atoms with Gasteiger partial charge in [0.2, 0.25) is 0 Å². The molecule has 1 N–H and O–H groups in total. The quantitative estimate of drug-likeness (QED) is 0.361. The Kier molecular flexibility index (Phi) is 3.51. The summed E-state index contributed by atoms with van der Waals surface area (Å²) in [6.07, 6.45) is 0. The van der Waals surface area contributed by atoms with Crippen LogP contribution in [0.1, 0.15) is 19.4 Å². The average Bonchev–Trinajstić information content (AvgIpc) is 2.23. The maximum absolute atomic E-state index is 13.2. The molecule has 0 aliphatic rings. The smallest absolute Gasteiger partial charge is 0.187 e. The zero-order chi connectivity index (χ0) is 12.5. The van der Waals surface area contributed by atoms with Crippen molar-refractivity contribution < 1.29 is 17.6 Å². The second kappa shape index (κ2) is 4.51. The van der Waals surface area contributed by atoms with Gasteiger partial charge in [0.15, 0.2) is 23.3 Å². The summed E-state index contributed by atoms with van der Waals surface area (Å²) in [4.78, 5) is 0. The van der Waals surface area contributed by atoms with Crippen LogP contribution in [-0.2, 0) is 0 Å². The lowest BCUT2D eigenvalue weighted by Gasteiger charge is -2.08. The Labute approximate surface area is 90.0 Å². The van der Waals surface area contributed by atoms with E-state index in [2.05, 4.69) is 5.10 Å².